The monoisotopic (exact) mass is 284 g/mol. The maximum absolute atomic E-state index is 12.2. The number of fused-ring (bicyclic) bond motifs is 3. The van der Waals surface area contributed by atoms with Crippen LogP contribution < -0.4 is 0 Å². The van der Waals surface area contributed by atoms with Crippen LogP contribution in [0, 0.1) is 5.92 Å². The second-order valence-corrected chi connectivity index (χ2v) is 6.35. The van der Waals surface area contributed by atoms with E-state index in [9.17, 15) is 4.79 Å². The molecule has 1 aromatic carbocycles. The average molecular weight is 284 g/mol. The van der Waals surface area contributed by atoms with E-state index in [4.69, 9.17) is 4.74 Å². The molecule has 4 heteroatoms. The number of aromatic amines is 1. The van der Waals surface area contributed by atoms with Gasteiger partial charge in [0.05, 0.1) is 13.0 Å². The summed E-state index contributed by atoms with van der Waals surface area (Å²) in [4.78, 5) is 17.9. The molecule has 3 atom stereocenters. The third kappa shape index (κ3) is 1.82. The van der Waals surface area contributed by atoms with Gasteiger partial charge in [-0.3, -0.25) is 4.79 Å². The lowest BCUT2D eigenvalue weighted by molar-refractivity contribution is -0.148. The van der Waals surface area contributed by atoms with E-state index in [1.54, 1.807) is 0 Å². The fourth-order valence-electron chi connectivity index (χ4n) is 4.21. The fraction of sp³-hybridized carbons (Fsp3) is 0.471. The molecule has 2 aromatic rings. The van der Waals surface area contributed by atoms with Gasteiger partial charge in [-0.25, -0.2) is 0 Å². The van der Waals surface area contributed by atoms with Crippen LogP contribution in [0.2, 0.25) is 0 Å². The maximum Gasteiger partial charge on any atom is 0.310 e. The Morgan fingerprint density at radius 1 is 1.43 bits per heavy atom. The molecule has 0 spiro atoms. The number of aromatic nitrogens is 1. The number of benzene rings is 1. The van der Waals surface area contributed by atoms with E-state index >= 15 is 0 Å². The summed E-state index contributed by atoms with van der Waals surface area (Å²) in [6.07, 6.45) is 4.22. The van der Waals surface area contributed by atoms with Crippen LogP contribution in [0.1, 0.15) is 23.5 Å². The smallest absolute Gasteiger partial charge is 0.310 e. The number of likely N-dealkylation sites (tertiary alicyclic amines) is 1. The number of piperidine rings is 1. The van der Waals surface area contributed by atoms with Gasteiger partial charge in [0.1, 0.15) is 0 Å². The first-order chi connectivity index (χ1) is 10.2. The van der Waals surface area contributed by atoms with Crippen molar-refractivity contribution in [3.8, 4) is 0 Å². The van der Waals surface area contributed by atoms with E-state index in [2.05, 4.69) is 41.3 Å². The lowest BCUT2D eigenvalue weighted by Crippen LogP contribution is -2.47. The van der Waals surface area contributed by atoms with Crippen molar-refractivity contribution in [1.29, 1.82) is 0 Å². The molecule has 1 aliphatic carbocycles. The maximum atomic E-state index is 12.2. The van der Waals surface area contributed by atoms with Crippen LogP contribution in [0.15, 0.2) is 24.4 Å². The Balaban J connectivity index is 1.91. The number of hydrogen-bond acceptors (Lipinski definition) is 3. The zero-order chi connectivity index (χ0) is 14.6. The van der Waals surface area contributed by atoms with Crippen LogP contribution in [0.25, 0.3) is 10.9 Å². The Morgan fingerprint density at radius 3 is 3.10 bits per heavy atom. The molecule has 4 nitrogen and oxygen atoms in total. The molecule has 1 aromatic heterocycles. The van der Waals surface area contributed by atoms with Crippen LogP contribution in [0.4, 0.5) is 0 Å². The zero-order valence-electron chi connectivity index (χ0n) is 12.4. The van der Waals surface area contributed by atoms with Gasteiger partial charge in [-0.15, -0.1) is 0 Å². The molecule has 4 rings (SSSR count). The second kappa shape index (κ2) is 4.60. The third-order valence-corrected chi connectivity index (χ3v) is 5.30. The minimum atomic E-state index is -0.0821. The van der Waals surface area contributed by atoms with Gasteiger partial charge >= 0.3 is 5.97 Å². The number of carbonyl (C=O) groups is 1. The topological polar surface area (TPSA) is 45.3 Å². The molecule has 2 aliphatic rings. The molecule has 0 amide bonds. The fourth-order valence-corrected chi connectivity index (χ4v) is 4.21. The largest absolute Gasteiger partial charge is 0.469 e. The Bertz CT molecular complexity index is 706. The summed E-state index contributed by atoms with van der Waals surface area (Å²) in [6, 6.07) is 6.90. The highest BCUT2D eigenvalue weighted by Crippen LogP contribution is 2.43. The average Bonchev–Trinajstić information content (AvgIpc) is 2.84. The number of likely N-dealkylation sites (N-methyl/N-ethyl adjacent to an activating group) is 1. The highest BCUT2D eigenvalue weighted by molar-refractivity contribution is 5.88. The molecule has 1 N–H and O–H groups in total. The summed E-state index contributed by atoms with van der Waals surface area (Å²) < 4.78 is 5.06. The van der Waals surface area contributed by atoms with Crippen LogP contribution in [0.3, 0.4) is 0 Å². The number of nitrogens with zero attached hydrogens (tertiary/aromatic N) is 1. The van der Waals surface area contributed by atoms with E-state index in [0.717, 1.165) is 19.4 Å². The molecule has 21 heavy (non-hydrogen) atoms. The van der Waals surface area contributed by atoms with E-state index in [1.165, 1.54) is 29.1 Å². The van der Waals surface area contributed by atoms with Gasteiger partial charge < -0.3 is 14.6 Å². The van der Waals surface area contributed by atoms with Crippen molar-refractivity contribution < 1.29 is 9.53 Å². The number of nitrogens with one attached hydrogen (secondary N) is 1. The van der Waals surface area contributed by atoms with Gasteiger partial charge in [-0.2, -0.15) is 0 Å². The normalized spacial score (nSPS) is 28.4. The first-order valence-electron chi connectivity index (χ1n) is 7.56. The lowest BCUT2D eigenvalue weighted by Gasteiger charge is -2.40. The van der Waals surface area contributed by atoms with E-state index < -0.39 is 0 Å². The molecule has 1 saturated heterocycles. The van der Waals surface area contributed by atoms with Gasteiger partial charge in [0.15, 0.2) is 0 Å². The van der Waals surface area contributed by atoms with Gasteiger partial charge in [0.2, 0.25) is 0 Å². The molecule has 110 valence electrons. The molecule has 0 radical (unpaired) electrons. The van der Waals surface area contributed by atoms with E-state index in [0.29, 0.717) is 6.04 Å². The second-order valence-electron chi connectivity index (χ2n) is 6.35. The standard InChI is InChI=1S/C17H20N2O2/c1-19-9-14(17(20)21-2)13-7-11(19)6-10-8-18-15-5-3-4-12(13)16(10)15/h3-5,8,11,13-14,18H,6-7,9H2,1-2H3/t11-,13-,14-/m0/s1. The predicted molar refractivity (Wildman–Crippen MR) is 81.3 cm³/mol. The van der Waals surface area contributed by atoms with Crippen molar-refractivity contribution >= 4 is 16.9 Å². The van der Waals surface area contributed by atoms with Crippen molar-refractivity contribution in [1.82, 2.24) is 9.88 Å². The highest BCUT2D eigenvalue weighted by atomic mass is 16.5. The quantitative estimate of drug-likeness (QED) is 0.817. The van der Waals surface area contributed by atoms with Crippen LogP contribution in [-0.4, -0.2) is 42.6 Å². The number of rotatable bonds is 1. The van der Waals surface area contributed by atoms with Gasteiger partial charge in [-0.05, 0) is 37.1 Å². The summed E-state index contributed by atoms with van der Waals surface area (Å²) in [5.41, 5.74) is 3.88. The van der Waals surface area contributed by atoms with Crippen molar-refractivity contribution in [3.63, 3.8) is 0 Å². The Labute approximate surface area is 124 Å². The molecular formula is C17H20N2O2. The summed E-state index contributed by atoms with van der Waals surface area (Å²) >= 11 is 0. The number of methoxy groups -OCH3 is 1. The van der Waals surface area contributed by atoms with E-state index in [-0.39, 0.29) is 17.8 Å². The summed E-state index contributed by atoms with van der Waals surface area (Å²) in [6.45, 7) is 0.784. The summed E-state index contributed by atoms with van der Waals surface area (Å²) in [5.74, 6) is 0.114. The van der Waals surface area contributed by atoms with Gasteiger partial charge in [0, 0.05) is 35.6 Å². The molecule has 0 unspecified atom stereocenters. The number of ether oxygens (including phenoxy) is 1. The van der Waals surface area contributed by atoms with Crippen LogP contribution >= 0.6 is 0 Å². The van der Waals surface area contributed by atoms with Crippen LogP contribution in [0.5, 0.6) is 0 Å². The highest BCUT2D eigenvalue weighted by Gasteiger charge is 2.42. The minimum Gasteiger partial charge on any atom is -0.469 e. The zero-order valence-corrected chi connectivity index (χ0v) is 12.4. The van der Waals surface area contributed by atoms with Gasteiger partial charge in [0.25, 0.3) is 0 Å². The molecule has 0 saturated carbocycles. The molecule has 1 aliphatic heterocycles. The summed E-state index contributed by atoms with van der Waals surface area (Å²) in [7, 11) is 3.62. The predicted octanol–water partition coefficient (Wildman–Crippen LogP) is 2.30. The van der Waals surface area contributed by atoms with Gasteiger partial charge in [-0.1, -0.05) is 12.1 Å². The van der Waals surface area contributed by atoms with Crippen molar-refractivity contribution in [3.05, 3.63) is 35.5 Å². The summed E-state index contributed by atoms with van der Waals surface area (Å²) in [5, 5.41) is 1.33. The Hall–Kier alpha value is -1.81. The van der Waals surface area contributed by atoms with Crippen molar-refractivity contribution in [2.45, 2.75) is 24.8 Å². The third-order valence-electron chi connectivity index (χ3n) is 5.30. The van der Waals surface area contributed by atoms with E-state index in [1.807, 2.05) is 0 Å². The molecule has 2 heterocycles. The number of H-pyrrole nitrogens is 1. The molecule has 2 bridgehead atoms. The Kier molecular flexibility index (Phi) is 2.82. The van der Waals surface area contributed by atoms with Crippen molar-refractivity contribution in [2.24, 2.45) is 5.92 Å². The molecule has 1 fully saturated rings. The SMILES string of the molecule is COC(=O)[C@H]1CN(C)[C@H]2Cc3c[nH]c4cccc(c34)[C@@H]1C2. The number of esters is 1. The number of hydrogen-bond donors (Lipinski definition) is 1. The number of carbonyl (C=O) groups excluding carboxylic acids is 1. The minimum absolute atomic E-state index is 0.0669. The first-order valence-corrected chi connectivity index (χ1v) is 7.56. The first kappa shape index (κ1) is 12.9. The lowest BCUT2D eigenvalue weighted by atomic mass is 9.78. The van der Waals surface area contributed by atoms with Crippen LogP contribution in [-0.2, 0) is 16.0 Å². The Morgan fingerprint density at radius 2 is 2.29 bits per heavy atom. The van der Waals surface area contributed by atoms with Crippen molar-refractivity contribution in [2.75, 3.05) is 20.7 Å². The molecular weight excluding hydrogens is 264 g/mol.